The Labute approximate surface area is 112 Å². The topological polar surface area (TPSA) is 26.0 Å². The molecule has 0 aliphatic carbocycles. The lowest BCUT2D eigenvalue weighted by molar-refractivity contribution is -0.143. The fourth-order valence-corrected chi connectivity index (χ4v) is 1.72. The first-order valence-electron chi connectivity index (χ1n) is 5.78. The predicted molar refractivity (Wildman–Crippen MR) is 62.8 cm³/mol. The van der Waals surface area contributed by atoms with Crippen LogP contribution in [-0.2, 0) is 12.4 Å². The molecule has 0 fully saturated rings. The van der Waals surface area contributed by atoms with Crippen LogP contribution in [0.1, 0.15) is 43.5 Å². The number of halogens is 6. The number of rotatable bonds is 1. The first kappa shape index (κ1) is 16.8. The molecule has 0 aliphatic heterocycles. The van der Waals surface area contributed by atoms with Crippen molar-refractivity contribution >= 4 is 0 Å². The van der Waals surface area contributed by atoms with Gasteiger partial charge in [0.2, 0.25) is 0 Å². The molecule has 0 spiro atoms. The molecule has 0 heterocycles. The van der Waals surface area contributed by atoms with E-state index in [4.69, 9.17) is 5.73 Å². The zero-order valence-electron chi connectivity index (χ0n) is 11.2. The first-order chi connectivity index (χ1) is 8.74. The van der Waals surface area contributed by atoms with E-state index in [0.29, 0.717) is 6.07 Å². The molecule has 114 valence electrons. The molecule has 0 saturated heterocycles. The van der Waals surface area contributed by atoms with E-state index in [9.17, 15) is 26.3 Å². The van der Waals surface area contributed by atoms with Crippen LogP contribution in [0.15, 0.2) is 18.2 Å². The summed E-state index contributed by atoms with van der Waals surface area (Å²) in [5, 5.41) is 0. The molecule has 0 amide bonds. The molecule has 0 aliphatic rings. The van der Waals surface area contributed by atoms with Crippen molar-refractivity contribution in [1.29, 1.82) is 0 Å². The van der Waals surface area contributed by atoms with Crippen LogP contribution in [0.25, 0.3) is 0 Å². The Morgan fingerprint density at radius 1 is 0.900 bits per heavy atom. The molecule has 1 aromatic rings. The van der Waals surface area contributed by atoms with E-state index in [1.54, 1.807) is 20.8 Å². The van der Waals surface area contributed by atoms with Gasteiger partial charge in [0, 0.05) is 6.04 Å². The highest BCUT2D eigenvalue weighted by Gasteiger charge is 2.40. The Morgan fingerprint density at radius 3 is 1.75 bits per heavy atom. The predicted octanol–water partition coefficient (Wildman–Crippen LogP) is 4.77. The minimum absolute atomic E-state index is 0.112. The SMILES string of the molecule is CC(C)(C)[C@@H](N)c1ccc(C(F)(F)F)cc1C(F)(F)F. The van der Waals surface area contributed by atoms with E-state index in [-0.39, 0.29) is 11.6 Å². The summed E-state index contributed by atoms with van der Waals surface area (Å²) in [5.74, 6) is 0. The van der Waals surface area contributed by atoms with Crippen LogP contribution in [0, 0.1) is 5.41 Å². The molecule has 7 heteroatoms. The van der Waals surface area contributed by atoms with Crippen molar-refractivity contribution < 1.29 is 26.3 Å². The Hall–Kier alpha value is -1.24. The second kappa shape index (κ2) is 4.95. The van der Waals surface area contributed by atoms with E-state index in [0.717, 1.165) is 6.07 Å². The van der Waals surface area contributed by atoms with Crippen LogP contribution < -0.4 is 5.73 Å². The van der Waals surface area contributed by atoms with E-state index in [1.165, 1.54) is 0 Å². The smallest absolute Gasteiger partial charge is 0.324 e. The molecule has 0 aromatic heterocycles. The van der Waals surface area contributed by atoms with Crippen molar-refractivity contribution in [3.05, 3.63) is 34.9 Å². The lowest BCUT2D eigenvalue weighted by atomic mass is 9.81. The largest absolute Gasteiger partial charge is 0.416 e. The summed E-state index contributed by atoms with van der Waals surface area (Å²) >= 11 is 0. The maximum Gasteiger partial charge on any atom is 0.416 e. The third kappa shape index (κ3) is 3.65. The maximum absolute atomic E-state index is 12.9. The van der Waals surface area contributed by atoms with E-state index < -0.39 is 34.9 Å². The summed E-state index contributed by atoms with van der Waals surface area (Å²) in [4.78, 5) is 0. The average Bonchev–Trinajstić information content (AvgIpc) is 2.23. The lowest BCUT2D eigenvalue weighted by Gasteiger charge is -2.30. The summed E-state index contributed by atoms with van der Waals surface area (Å²) in [6, 6.07) is 0.514. The Bertz CT molecular complexity index is 481. The zero-order valence-corrected chi connectivity index (χ0v) is 11.2. The second-order valence-corrected chi connectivity index (χ2v) is 5.64. The van der Waals surface area contributed by atoms with Gasteiger partial charge in [-0.1, -0.05) is 26.8 Å². The molecule has 0 radical (unpaired) electrons. The van der Waals surface area contributed by atoms with Gasteiger partial charge in [-0.15, -0.1) is 0 Å². The maximum atomic E-state index is 12.9. The fraction of sp³-hybridized carbons (Fsp3) is 0.538. The molecule has 0 bridgehead atoms. The molecule has 0 saturated carbocycles. The van der Waals surface area contributed by atoms with Crippen LogP contribution in [0.4, 0.5) is 26.3 Å². The van der Waals surface area contributed by atoms with E-state index in [1.807, 2.05) is 0 Å². The Morgan fingerprint density at radius 2 is 1.40 bits per heavy atom. The van der Waals surface area contributed by atoms with Gasteiger partial charge >= 0.3 is 12.4 Å². The summed E-state index contributed by atoms with van der Waals surface area (Å²) in [7, 11) is 0. The van der Waals surface area contributed by atoms with Gasteiger partial charge in [0.25, 0.3) is 0 Å². The highest BCUT2D eigenvalue weighted by molar-refractivity contribution is 5.38. The lowest BCUT2D eigenvalue weighted by Crippen LogP contribution is -2.29. The molecule has 1 aromatic carbocycles. The van der Waals surface area contributed by atoms with Gasteiger partial charge in [-0.25, -0.2) is 0 Å². The van der Waals surface area contributed by atoms with Gasteiger partial charge in [0.1, 0.15) is 0 Å². The van der Waals surface area contributed by atoms with Gasteiger partial charge in [-0.2, -0.15) is 26.3 Å². The molecular formula is C13H15F6N. The zero-order chi connectivity index (χ0) is 15.9. The van der Waals surface area contributed by atoms with Gasteiger partial charge < -0.3 is 5.73 Å². The van der Waals surface area contributed by atoms with Crippen LogP contribution in [0.2, 0.25) is 0 Å². The van der Waals surface area contributed by atoms with E-state index in [2.05, 4.69) is 0 Å². The van der Waals surface area contributed by atoms with Gasteiger partial charge in [0.05, 0.1) is 11.1 Å². The van der Waals surface area contributed by atoms with Crippen molar-refractivity contribution in [3.8, 4) is 0 Å². The molecule has 1 atom stereocenters. The summed E-state index contributed by atoms with van der Waals surface area (Å²) < 4.78 is 76.4. The third-order valence-electron chi connectivity index (χ3n) is 2.95. The van der Waals surface area contributed by atoms with Crippen LogP contribution in [-0.4, -0.2) is 0 Å². The summed E-state index contributed by atoms with van der Waals surface area (Å²) in [6.45, 7) is 4.86. The number of hydrogen-bond acceptors (Lipinski definition) is 1. The fourth-order valence-electron chi connectivity index (χ4n) is 1.72. The highest BCUT2D eigenvalue weighted by Crippen LogP contribution is 2.42. The third-order valence-corrected chi connectivity index (χ3v) is 2.95. The van der Waals surface area contributed by atoms with Crippen molar-refractivity contribution in [2.75, 3.05) is 0 Å². The normalized spacial score (nSPS) is 15.3. The number of nitrogens with two attached hydrogens (primary N) is 1. The van der Waals surface area contributed by atoms with Crippen LogP contribution in [0.5, 0.6) is 0 Å². The number of alkyl halides is 6. The Kier molecular flexibility index (Phi) is 4.16. The van der Waals surface area contributed by atoms with Crippen LogP contribution in [0.3, 0.4) is 0 Å². The van der Waals surface area contributed by atoms with Gasteiger partial charge in [0.15, 0.2) is 0 Å². The van der Waals surface area contributed by atoms with Gasteiger partial charge in [-0.3, -0.25) is 0 Å². The molecule has 1 rings (SSSR count). The standard InChI is InChI=1S/C13H15F6N/c1-11(2,3)10(20)8-5-4-7(12(14,15)16)6-9(8)13(17,18)19/h4-6,10H,20H2,1-3H3/t10-/m0/s1. The summed E-state index contributed by atoms with van der Waals surface area (Å²) in [6.07, 6.45) is -9.72. The molecular weight excluding hydrogens is 284 g/mol. The first-order valence-corrected chi connectivity index (χ1v) is 5.78. The molecule has 20 heavy (non-hydrogen) atoms. The van der Waals surface area contributed by atoms with Crippen molar-refractivity contribution in [3.63, 3.8) is 0 Å². The highest BCUT2D eigenvalue weighted by atomic mass is 19.4. The van der Waals surface area contributed by atoms with Crippen molar-refractivity contribution in [1.82, 2.24) is 0 Å². The number of hydrogen-bond donors (Lipinski definition) is 1. The number of benzene rings is 1. The van der Waals surface area contributed by atoms with E-state index >= 15 is 0 Å². The minimum Gasteiger partial charge on any atom is -0.324 e. The van der Waals surface area contributed by atoms with Crippen LogP contribution >= 0.6 is 0 Å². The molecule has 2 N–H and O–H groups in total. The van der Waals surface area contributed by atoms with Gasteiger partial charge in [-0.05, 0) is 23.1 Å². The molecule has 1 nitrogen and oxygen atoms in total. The Balaban J connectivity index is 3.48. The van der Waals surface area contributed by atoms with Crippen molar-refractivity contribution in [2.45, 2.75) is 39.2 Å². The second-order valence-electron chi connectivity index (χ2n) is 5.64. The molecule has 0 unspecified atom stereocenters. The average molecular weight is 299 g/mol. The monoisotopic (exact) mass is 299 g/mol. The quantitative estimate of drug-likeness (QED) is 0.743. The minimum atomic E-state index is -4.89. The summed E-state index contributed by atoms with van der Waals surface area (Å²) in [5.41, 5.74) is 2.03. The van der Waals surface area contributed by atoms with Crippen molar-refractivity contribution in [2.24, 2.45) is 11.1 Å².